The van der Waals surface area contributed by atoms with Crippen LogP contribution in [0.15, 0.2) is 36.5 Å². The van der Waals surface area contributed by atoms with E-state index in [1.807, 2.05) is 51.1 Å². The Morgan fingerprint density at radius 2 is 2.05 bits per heavy atom. The zero-order valence-corrected chi connectivity index (χ0v) is 12.2. The van der Waals surface area contributed by atoms with Gasteiger partial charge in [0.05, 0.1) is 17.5 Å². The van der Waals surface area contributed by atoms with Crippen molar-refractivity contribution in [2.75, 3.05) is 11.1 Å². The third kappa shape index (κ3) is 3.41. The van der Waals surface area contributed by atoms with Crippen molar-refractivity contribution in [2.24, 2.45) is 0 Å². The van der Waals surface area contributed by atoms with Crippen molar-refractivity contribution in [3.05, 3.63) is 47.7 Å². The Balaban J connectivity index is 2.15. The quantitative estimate of drug-likeness (QED) is 0.818. The summed E-state index contributed by atoms with van der Waals surface area (Å²) in [6.45, 7) is 6.65. The molecule has 20 heavy (non-hydrogen) atoms. The highest BCUT2D eigenvalue weighted by Crippen LogP contribution is 2.24. The summed E-state index contributed by atoms with van der Waals surface area (Å²) >= 11 is 0. The minimum absolute atomic E-state index is 0.104. The van der Waals surface area contributed by atoms with E-state index in [1.165, 1.54) is 0 Å². The Bertz CT molecular complexity index is 561. The summed E-state index contributed by atoms with van der Waals surface area (Å²) in [5, 5.41) is 3.37. The average Bonchev–Trinajstić information content (AvgIpc) is 2.39. The fraction of sp³-hybridized carbons (Fsp3) is 0.312. The summed E-state index contributed by atoms with van der Waals surface area (Å²) in [7, 11) is 0. The Labute approximate surface area is 120 Å². The fourth-order valence-corrected chi connectivity index (χ4v) is 2.00. The van der Waals surface area contributed by atoms with E-state index in [-0.39, 0.29) is 6.10 Å². The maximum atomic E-state index is 5.99. The number of hydrogen-bond acceptors (Lipinski definition) is 4. The van der Waals surface area contributed by atoms with Gasteiger partial charge in [-0.2, -0.15) is 0 Å². The summed E-state index contributed by atoms with van der Waals surface area (Å²) in [6.07, 6.45) is 1.84. The lowest BCUT2D eigenvalue weighted by molar-refractivity contribution is 0.230. The maximum Gasteiger partial charge on any atom is 0.218 e. The van der Waals surface area contributed by atoms with Crippen molar-refractivity contribution in [1.29, 1.82) is 0 Å². The summed E-state index contributed by atoms with van der Waals surface area (Å²) in [5.74, 6) is 0.669. The molecule has 0 saturated carbocycles. The standard InChI is InChI=1S/C16H21N3O/c1-11(2)20-16-13(7-5-9-18-16)10-19-15-12(3)6-4-8-14(15)17/h4-9,11,19H,10,17H2,1-3H3. The smallest absolute Gasteiger partial charge is 0.218 e. The molecular weight excluding hydrogens is 250 g/mol. The Kier molecular flexibility index (Phi) is 4.45. The van der Waals surface area contributed by atoms with Crippen molar-refractivity contribution in [2.45, 2.75) is 33.4 Å². The van der Waals surface area contributed by atoms with Crippen LogP contribution in [-0.2, 0) is 6.54 Å². The van der Waals surface area contributed by atoms with Gasteiger partial charge in [-0.1, -0.05) is 18.2 Å². The molecule has 0 fully saturated rings. The maximum absolute atomic E-state index is 5.99. The predicted octanol–water partition coefficient (Wildman–Crippen LogP) is 3.37. The zero-order valence-electron chi connectivity index (χ0n) is 12.2. The second-order valence-corrected chi connectivity index (χ2v) is 5.03. The van der Waals surface area contributed by atoms with Crippen LogP contribution in [0.3, 0.4) is 0 Å². The Morgan fingerprint density at radius 1 is 1.25 bits per heavy atom. The van der Waals surface area contributed by atoms with Crippen LogP contribution in [0.4, 0.5) is 11.4 Å². The van der Waals surface area contributed by atoms with E-state index < -0.39 is 0 Å². The molecule has 0 aliphatic rings. The van der Waals surface area contributed by atoms with E-state index in [1.54, 1.807) is 6.20 Å². The van der Waals surface area contributed by atoms with E-state index in [4.69, 9.17) is 10.5 Å². The van der Waals surface area contributed by atoms with Crippen molar-refractivity contribution >= 4 is 11.4 Å². The van der Waals surface area contributed by atoms with Gasteiger partial charge in [0.2, 0.25) is 5.88 Å². The highest BCUT2D eigenvalue weighted by Gasteiger charge is 2.08. The minimum Gasteiger partial charge on any atom is -0.475 e. The zero-order chi connectivity index (χ0) is 14.5. The Morgan fingerprint density at radius 3 is 2.75 bits per heavy atom. The van der Waals surface area contributed by atoms with E-state index >= 15 is 0 Å². The van der Waals surface area contributed by atoms with Gasteiger partial charge in [-0.15, -0.1) is 0 Å². The number of para-hydroxylation sites is 1. The normalized spacial score (nSPS) is 10.6. The summed E-state index contributed by atoms with van der Waals surface area (Å²) < 4.78 is 5.71. The number of nitrogens with one attached hydrogen (secondary N) is 1. The molecule has 4 heteroatoms. The van der Waals surface area contributed by atoms with Crippen LogP contribution in [0, 0.1) is 6.92 Å². The first-order valence-corrected chi connectivity index (χ1v) is 6.77. The SMILES string of the molecule is Cc1cccc(N)c1NCc1cccnc1OC(C)C. The fourth-order valence-electron chi connectivity index (χ4n) is 2.00. The number of nitrogens with zero attached hydrogens (tertiary/aromatic N) is 1. The molecule has 0 saturated heterocycles. The van der Waals surface area contributed by atoms with Gasteiger partial charge in [-0.05, 0) is 38.5 Å². The van der Waals surface area contributed by atoms with Gasteiger partial charge in [-0.25, -0.2) is 4.98 Å². The molecule has 0 bridgehead atoms. The summed E-state index contributed by atoms with van der Waals surface area (Å²) in [4.78, 5) is 4.28. The van der Waals surface area contributed by atoms with Crippen LogP contribution >= 0.6 is 0 Å². The van der Waals surface area contributed by atoms with Crippen molar-refractivity contribution in [3.8, 4) is 5.88 Å². The molecule has 1 heterocycles. The Hall–Kier alpha value is -2.23. The van der Waals surface area contributed by atoms with Crippen LogP contribution in [-0.4, -0.2) is 11.1 Å². The summed E-state index contributed by atoms with van der Waals surface area (Å²) in [5.41, 5.74) is 9.85. The number of aryl methyl sites for hydroxylation is 1. The molecule has 0 radical (unpaired) electrons. The third-order valence-electron chi connectivity index (χ3n) is 2.96. The molecule has 0 spiro atoms. The number of benzene rings is 1. The van der Waals surface area contributed by atoms with Crippen molar-refractivity contribution in [1.82, 2.24) is 4.98 Å². The molecule has 1 aromatic carbocycles. The molecule has 0 unspecified atom stereocenters. The second kappa shape index (κ2) is 6.28. The van der Waals surface area contributed by atoms with Gasteiger partial charge in [0.15, 0.2) is 0 Å². The molecule has 0 amide bonds. The van der Waals surface area contributed by atoms with Crippen LogP contribution in [0.25, 0.3) is 0 Å². The van der Waals surface area contributed by atoms with Gasteiger partial charge in [0.1, 0.15) is 0 Å². The number of nitrogens with two attached hydrogens (primary N) is 1. The monoisotopic (exact) mass is 271 g/mol. The molecule has 0 aliphatic carbocycles. The first-order valence-electron chi connectivity index (χ1n) is 6.77. The van der Waals surface area contributed by atoms with Crippen molar-refractivity contribution < 1.29 is 4.74 Å². The number of pyridine rings is 1. The average molecular weight is 271 g/mol. The van der Waals surface area contributed by atoms with Gasteiger partial charge in [-0.3, -0.25) is 0 Å². The molecule has 106 valence electrons. The molecule has 1 aromatic heterocycles. The lowest BCUT2D eigenvalue weighted by Crippen LogP contribution is -2.11. The van der Waals surface area contributed by atoms with Crippen LogP contribution in [0.2, 0.25) is 0 Å². The largest absolute Gasteiger partial charge is 0.475 e. The van der Waals surface area contributed by atoms with Gasteiger partial charge in [0.25, 0.3) is 0 Å². The highest BCUT2D eigenvalue weighted by molar-refractivity contribution is 5.69. The number of hydrogen-bond donors (Lipinski definition) is 2. The van der Waals surface area contributed by atoms with Gasteiger partial charge in [0, 0.05) is 18.3 Å². The molecular formula is C16H21N3O. The molecule has 2 aromatic rings. The first kappa shape index (κ1) is 14.2. The molecule has 0 atom stereocenters. The minimum atomic E-state index is 0.104. The number of rotatable bonds is 5. The number of anilines is 2. The van der Waals surface area contributed by atoms with E-state index in [0.29, 0.717) is 12.4 Å². The third-order valence-corrected chi connectivity index (χ3v) is 2.96. The van der Waals surface area contributed by atoms with Crippen LogP contribution < -0.4 is 15.8 Å². The van der Waals surface area contributed by atoms with Gasteiger partial charge >= 0.3 is 0 Å². The topological polar surface area (TPSA) is 60.2 Å². The van der Waals surface area contributed by atoms with Gasteiger partial charge < -0.3 is 15.8 Å². The molecule has 4 nitrogen and oxygen atoms in total. The number of aromatic nitrogens is 1. The first-order chi connectivity index (χ1) is 9.58. The number of ether oxygens (including phenoxy) is 1. The second-order valence-electron chi connectivity index (χ2n) is 5.03. The lowest BCUT2D eigenvalue weighted by atomic mass is 10.1. The highest BCUT2D eigenvalue weighted by atomic mass is 16.5. The molecule has 3 N–H and O–H groups in total. The number of nitrogen functional groups attached to an aromatic ring is 1. The predicted molar refractivity (Wildman–Crippen MR) is 82.9 cm³/mol. The molecule has 2 rings (SSSR count). The van der Waals surface area contributed by atoms with E-state index in [0.717, 1.165) is 22.5 Å². The van der Waals surface area contributed by atoms with E-state index in [9.17, 15) is 0 Å². The summed E-state index contributed by atoms with van der Waals surface area (Å²) in [6, 6.07) is 9.79. The van der Waals surface area contributed by atoms with Crippen LogP contribution in [0.5, 0.6) is 5.88 Å². The van der Waals surface area contributed by atoms with E-state index in [2.05, 4.69) is 10.3 Å². The van der Waals surface area contributed by atoms with Crippen LogP contribution in [0.1, 0.15) is 25.0 Å². The molecule has 0 aliphatic heterocycles. The lowest BCUT2D eigenvalue weighted by Gasteiger charge is -2.15. The van der Waals surface area contributed by atoms with Crippen molar-refractivity contribution in [3.63, 3.8) is 0 Å².